The summed E-state index contributed by atoms with van der Waals surface area (Å²) in [5, 5.41) is 17.8. The largest absolute Gasteiger partial charge is 0.383 e. The van der Waals surface area contributed by atoms with Gasteiger partial charge in [-0.2, -0.15) is 0 Å². The zero-order valence-electron chi connectivity index (χ0n) is 13.6. The van der Waals surface area contributed by atoms with Gasteiger partial charge in [0.05, 0.1) is 24.8 Å². The molecule has 0 aromatic heterocycles. The normalized spacial score (nSPS) is 35.4. The van der Waals surface area contributed by atoms with Crippen LogP contribution in [0.5, 0.6) is 0 Å². The van der Waals surface area contributed by atoms with Crippen LogP contribution in [0.1, 0.15) is 36.8 Å². The summed E-state index contributed by atoms with van der Waals surface area (Å²) in [4.78, 5) is 4.31. The molecule has 3 N–H and O–H groups in total. The van der Waals surface area contributed by atoms with Crippen LogP contribution in [-0.2, 0) is 16.8 Å². The lowest BCUT2D eigenvalue weighted by Gasteiger charge is -2.27. The molecule has 5 heteroatoms. The molecular weight excluding hydrogens is 290 g/mol. The van der Waals surface area contributed by atoms with Crippen molar-refractivity contribution in [3.63, 3.8) is 0 Å². The third-order valence-corrected chi connectivity index (χ3v) is 5.53. The summed E-state index contributed by atoms with van der Waals surface area (Å²) in [6, 6.07) is 8.50. The van der Waals surface area contributed by atoms with E-state index in [2.05, 4.69) is 21.7 Å². The molecule has 4 unspecified atom stereocenters. The van der Waals surface area contributed by atoms with Crippen molar-refractivity contribution < 1.29 is 9.84 Å². The Morgan fingerprint density at radius 3 is 3.00 bits per heavy atom. The van der Waals surface area contributed by atoms with Crippen molar-refractivity contribution in [3.05, 3.63) is 35.4 Å². The number of nitrogens with one attached hydrogen (secondary N) is 2. The number of ether oxygens (including phenoxy) is 1. The van der Waals surface area contributed by atoms with E-state index in [4.69, 9.17) is 4.74 Å². The second kappa shape index (κ2) is 5.80. The molecule has 2 aliphatic heterocycles. The molecule has 0 amide bonds. The zero-order valence-corrected chi connectivity index (χ0v) is 13.6. The van der Waals surface area contributed by atoms with Crippen molar-refractivity contribution in [2.75, 3.05) is 13.6 Å². The summed E-state index contributed by atoms with van der Waals surface area (Å²) in [7, 11) is 1.77. The molecule has 124 valence electrons. The van der Waals surface area contributed by atoms with Crippen molar-refractivity contribution in [1.82, 2.24) is 10.6 Å². The summed E-state index contributed by atoms with van der Waals surface area (Å²) in [5.41, 5.74) is 1.49. The van der Waals surface area contributed by atoms with Gasteiger partial charge < -0.3 is 20.5 Å². The molecule has 5 nitrogen and oxygen atoms in total. The Labute approximate surface area is 137 Å². The van der Waals surface area contributed by atoms with Crippen LogP contribution >= 0.6 is 0 Å². The van der Waals surface area contributed by atoms with Crippen LogP contribution in [0.25, 0.3) is 0 Å². The van der Waals surface area contributed by atoms with Crippen molar-refractivity contribution in [3.8, 4) is 0 Å². The number of aliphatic imine (C=N–C) groups is 1. The molecule has 1 aromatic rings. The van der Waals surface area contributed by atoms with Crippen LogP contribution in [0.15, 0.2) is 29.3 Å². The van der Waals surface area contributed by atoms with E-state index in [0.29, 0.717) is 24.8 Å². The Hall–Kier alpha value is -1.59. The average Bonchev–Trinajstić information content (AvgIpc) is 3.27. The average molecular weight is 315 g/mol. The van der Waals surface area contributed by atoms with E-state index in [9.17, 15) is 5.11 Å². The van der Waals surface area contributed by atoms with Gasteiger partial charge in [0.1, 0.15) is 5.60 Å². The standard InChI is InChI=1S/C18H25N3O2/c1-19-17(21-15-10-13-6-7-16(15)23-13)20-11-18(22)9-8-12-4-2-3-5-14(12)18/h2-5,13,15-16,22H,6-11H2,1H3,(H2,19,20,21). The number of hydrogen-bond donors (Lipinski definition) is 3. The Kier molecular flexibility index (Phi) is 3.77. The molecule has 2 bridgehead atoms. The van der Waals surface area contributed by atoms with Crippen LogP contribution in [0.3, 0.4) is 0 Å². The van der Waals surface area contributed by atoms with Crippen LogP contribution in [0.2, 0.25) is 0 Å². The van der Waals surface area contributed by atoms with Gasteiger partial charge in [0, 0.05) is 7.05 Å². The van der Waals surface area contributed by atoms with Crippen LogP contribution < -0.4 is 10.6 Å². The number of rotatable bonds is 3. The Balaban J connectivity index is 1.38. The first-order valence-electron chi connectivity index (χ1n) is 8.61. The number of benzene rings is 1. The fourth-order valence-electron chi connectivity index (χ4n) is 4.24. The van der Waals surface area contributed by atoms with Crippen molar-refractivity contribution in [2.45, 2.75) is 56.0 Å². The number of aryl methyl sites for hydroxylation is 1. The SMILES string of the molecule is CN=C(NCC1(O)CCc2ccccc21)NC1CC2CCC1O2. The predicted octanol–water partition coefficient (Wildman–Crippen LogP) is 1.31. The lowest BCUT2D eigenvalue weighted by molar-refractivity contribution is 0.0431. The van der Waals surface area contributed by atoms with Gasteiger partial charge in [-0.15, -0.1) is 0 Å². The minimum Gasteiger partial charge on any atom is -0.383 e. The van der Waals surface area contributed by atoms with Gasteiger partial charge in [0.15, 0.2) is 5.96 Å². The summed E-state index contributed by atoms with van der Waals surface area (Å²) >= 11 is 0. The molecule has 1 aromatic carbocycles. The van der Waals surface area contributed by atoms with Crippen LogP contribution in [-0.4, -0.2) is 42.9 Å². The van der Waals surface area contributed by atoms with Crippen molar-refractivity contribution in [1.29, 1.82) is 0 Å². The number of aliphatic hydroxyl groups is 1. The van der Waals surface area contributed by atoms with E-state index in [-0.39, 0.29) is 0 Å². The second-order valence-electron chi connectivity index (χ2n) is 6.97. The van der Waals surface area contributed by atoms with E-state index >= 15 is 0 Å². The van der Waals surface area contributed by atoms with Gasteiger partial charge in [-0.25, -0.2) is 0 Å². The molecular formula is C18H25N3O2. The van der Waals surface area contributed by atoms with Crippen LogP contribution in [0.4, 0.5) is 0 Å². The topological polar surface area (TPSA) is 65.9 Å². The Bertz CT molecular complexity index is 618. The Morgan fingerprint density at radius 1 is 1.39 bits per heavy atom. The maximum absolute atomic E-state index is 11.0. The molecule has 2 fully saturated rings. The van der Waals surface area contributed by atoms with Gasteiger partial charge in [-0.05, 0) is 43.2 Å². The fourth-order valence-corrected chi connectivity index (χ4v) is 4.24. The molecule has 2 saturated heterocycles. The summed E-state index contributed by atoms with van der Waals surface area (Å²) in [5.74, 6) is 0.754. The third-order valence-electron chi connectivity index (χ3n) is 5.53. The smallest absolute Gasteiger partial charge is 0.191 e. The lowest BCUT2D eigenvalue weighted by atomic mass is 9.95. The van der Waals surface area contributed by atoms with Crippen molar-refractivity contribution >= 4 is 5.96 Å². The van der Waals surface area contributed by atoms with E-state index in [1.54, 1.807) is 7.05 Å². The number of hydrogen-bond acceptors (Lipinski definition) is 3. The third kappa shape index (κ3) is 2.72. The maximum Gasteiger partial charge on any atom is 0.191 e. The molecule has 4 atom stereocenters. The zero-order chi connectivity index (χ0) is 15.9. The van der Waals surface area contributed by atoms with E-state index in [1.165, 1.54) is 12.0 Å². The predicted molar refractivity (Wildman–Crippen MR) is 89.5 cm³/mol. The van der Waals surface area contributed by atoms with Gasteiger partial charge in [-0.1, -0.05) is 24.3 Å². The number of nitrogens with zero attached hydrogens (tertiary/aromatic N) is 1. The van der Waals surface area contributed by atoms with Gasteiger partial charge >= 0.3 is 0 Å². The lowest BCUT2D eigenvalue weighted by Crippen LogP contribution is -2.50. The minimum atomic E-state index is -0.806. The summed E-state index contributed by atoms with van der Waals surface area (Å²) < 4.78 is 5.88. The first kappa shape index (κ1) is 15.0. The maximum atomic E-state index is 11.0. The monoisotopic (exact) mass is 315 g/mol. The highest BCUT2D eigenvalue weighted by Crippen LogP contribution is 2.36. The second-order valence-corrected chi connectivity index (χ2v) is 6.97. The number of fused-ring (bicyclic) bond motifs is 3. The summed E-state index contributed by atoms with van der Waals surface area (Å²) in [6.07, 6.45) is 5.80. The molecule has 3 aliphatic rings. The van der Waals surface area contributed by atoms with E-state index in [1.807, 2.05) is 18.2 Å². The quantitative estimate of drug-likeness (QED) is 0.581. The highest BCUT2D eigenvalue weighted by molar-refractivity contribution is 5.80. The molecule has 1 aliphatic carbocycles. The highest BCUT2D eigenvalue weighted by Gasteiger charge is 2.41. The van der Waals surface area contributed by atoms with Crippen LogP contribution in [0, 0.1) is 0 Å². The molecule has 0 spiro atoms. The first-order chi connectivity index (χ1) is 11.2. The van der Waals surface area contributed by atoms with Gasteiger partial charge in [-0.3, -0.25) is 4.99 Å². The Morgan fingerprint density at radius 2 is 2.26 bits per heavy atom. The van der Waals surface area contributed by atoms with Gasteiger partial charge in [0.25, 0.3) is 0 Å². The molecule has 23 heavy (non-hydrogen) atoms. The molecule has 2 heterocycles. The van der Waals surface area contributed by atoms with E-state index < -0.39 is 5.60 Å². The van der Waals surface area contributed by atoms with Gasteiger partial charge in [0.2, 0.25) is 0 Å². The molecule has 0 radical (unpaired) electrons. The number of guanidine groups is 1. The minimum absolute atomic E-state index is 0.314. The highest BCUT2D eigenvalue weighted by atomic mass is 16.5. The van der Waals surface area contributed by atoms with E-state index in [0.717, 1.165) is 37.2 Å². The molecule has 0 saturated carbocycles. The molecule has 4 rings (SSSR count). The summed E-state index contributed by atoms with van der Waals surface area (Å²) in [6.45, 7) is 0.478. The first-order valence-corrected chi connectivity index (χ1v) is 8.61. The van der Waals surface area contributed by atoms with Crippen molar-refractivity contribution in [2.24, 2.45) is 4.99 Å². The fraction of sp³-hybridized carbons (Fsp3) is 0.611.